The summed E-state index contributed by atoms with van der Waals surface area (Å²) in [6, 6.07) is 24.2. The largest absolute Gasteiger partial charge is 0.340 e. The predicted octanol–water partition coefficient (Wildman–Crippen LogP) is 3.77. The Hall–Kier alpha value is -4.43. The van der Waals surface area contributed by atoms with Crippen molar-refractivity contribution in [2.45, 2.75) is 13.0 Å². The van der Waals surface area contributed by atoms with E-state index in [4.69, 9.17) is 11.6 Å². The van der Waals surface area contributed by atoms with Gasteiger partial charge in [-0.2, -0.15) is 5.10 Å². The molecule has 35 heavy (non-hydrogen) atoms. The number of carbonyl (C=O) groups is 3. The van der Waals surface area contributed by atoms with E-state index in [0.717, 1.165) is 11.3 Å². The molecule has 0 aliphatic heterocycles. The van der Waals surface area contributed by atoms with Crippen LogP contribution in [0.3, 0.4) is 0 Å². The van der Waals surface area contributed by atoms with Crippen molar-refractivity contribution >= 4 is 29.3 Å². The average molecular weight is 488 g/mol. The molecule has 0 aliphatic carbocycles. The predicted molar refractivity (Wildman–Crippen MR) is 133 cm³/mol. The number of nitrogens with one attached hydrogen (secondary N) is 3. The maximum Gasteiger partial charge on any atom is 0.273 e. The molecule has 8 nitrogen and oxygen atoms in total. The van der Waals surface area contributed by atoms with Gasteiger partial charge in [0.15, 0.2) is 0 Å². The molecular formula is C26H22ClN5O3. The fourth-order valence-corrected chi connectivity index (χ4v) is 3.56. The van der Waals surface area contributed by atoms with Crippen LogP contribution in [0.5, 0.6) is 0 Å². The van der Waals surface area contributed by atoms with Crippen LogP contribution in [0.1, 0.15) is 27.6 Å². The van der Waals surface area contributed by atoms with Crippen molar-refractivity contribution in [2.75, 3.05) is 0 Å². The first kappa shape index (κ1) is 23.7. The van der Waals surface area contributed by atoms with Crippen molar-refractivity contribution < 1.29 is 14.4 Å². The highest BCUT2D eigenvalue weighted by Crippen LogP contribution is 2.23. The van der Waals surface area contributed by atoms with Gasteiger partial charge >= 0.3 is 0 Å². The summed E-state index contributed by atoms with van der Waals surface area (Å²) in [6.45, 7) is 1.50. The van der Waals surface area contributed by atoms with Crippen LogP contribution in [0, 0.1) is 0 Å². The lowest BCUT2D eigenvalue weighted by atomic mass is 10.1. The van der Waals surface area contributed by atoms with Crippen LogP contribution in [0.15, 0.2) is 91.1 Å². The topological polar surface area (TPSA) is 105 Å². The molecule has 3 aromatic carbocycles. The van der Waals surface area contributed by atoms with Gasteiger partial charge in [0.1, 0.15) is 11.7 Å². The van der Waals surface area contributed by atoms with Gasteiger partial charge in [-0.15, -0.1) is 0 Å². The molecule has 1 atom stereocenters. The van der Waals surface area contributed by atoms with Crippen molar-refractivity contribution in [3.8, 4) is 16.9 Å². The number of benzene rings is 3. The van der Waals surface area contributed by atoms with Gasteiger partial charge in [0.2, 0.25) is 0 Å². The minimum absolute atomic E-state index is 0.249. The molecule has 0 saturated heterocycles. The van der Waals surface area contributed by atoms with Gasteiger partial charge in [0, 0.05) is 11.8 Å². The number of hydrazine groups is 1. The van der Waals surface area contributed by atoms with E-state index in [9.17, 15) is 14.4 Å². The highest BCUT2D eigenvalue weighted by molar-refractivity contribution is 6.33. The van der Waals surface area contributed by atoms with Gasteiger partial charge < -0.3 is 5.32 Å². The van der Waals surface area contributed by atoms with E-state index >= 15 is 0 Å². The standard InChI is InChI=1S/C26H22ClN5O3/c1-17(28-25(34)20-14-8-9-15-22(20)27)24(33)29-30-26(35)21-16-32(19-12-6-3-7-13-19)31-23(21)18-10-4-2-5-11-18/h2-17H,1H3,(H,28,34)(H,29,33)(H,30,35)/t17-/m0/s1. The van der Waals surface area contributed by atoms with Crippen molar-refractivity contribution in [1.29, 1.82) is 0 Å². The van der Waals surface area contributed by atoms with Crippen molar-refractivity contribution in [1.82, 2.24) is 25.9 Å². The highest BCUT2D eigenvalue weighted by atomic mass is 35.5. The second-order valence-corrected chi connectivity index (χ2v) is 8.06. The molecular weight excluding hydrogens is 466 g/mol. The molecule has 3 N–H and O–H groups in total. The molecule has 0 saturated carbocycles. The van der Waals surface area contributed by atoms with Gasteiger partial charge in [-0.25, -0.2) is 4.68 Å². The zero-order valence-electron chi connectivity index (χ0n) is 18.7. The van der Waals surface area contributed by atoms with E-state index in [1.807, 2.05) is 60.7 Å². The zero-order valence-corrected chi connectivity index (χ0v) is 19.5. The number of halogens is 1. The molecule has 0 aliphatic rings. The molecule has 1 heterocycles. The first-order valence-electron chi connectivity index (χ1n) is 10.8. The Morgan fingerprint density at radius 3 is 2.11 bits per heavy atom. The number of para-hydroxylation sites is 1. The van der Waals surface area contributed by atoms with Crippen LogP contribution in [0.4, 0.5) is 0 Å². The van der Waals surface area contributed by atoms with Crippen LogP contribution < -0.4 is 16.2 Å². The van der Waals surface area contributed by atoms with Crippen LogP contribution in [0.2, 0.25) is 5.02 Å². The molecule has 1 aromatic heterocycles. The minimum atomic E-state index is -0.931. The van der Waals surface area contributed by atoms with Crippen LogP contribution in [-0.2, 0) is 4.79 Å². The molecule has 4 aromatic rings. The van der Waals surface area contributed by atoms with Crippen molar-refractivity contribution in [2.24, 2.45) is 0 Å². The summed E-state index contributed by atoms with van der Waals surface area (Å²) in [5.41, 5.74) is 7.28. The van der Waals surface area contributed by atoms with E-state index in [-0.39, 0.29) is 16.1 Å². The lowest BCUT2D eigenvalue weighted by Crippen LogP contribution is -2.51. The average Bonchev–Trinajstić information content (AvgIpc) is 3.34. The second kappa shape index (κ2) is 10.7. The van der Waals surface area contributed by atoms with Crippen LogP contribution in [-0.4, -0.2) is 33.5 Å². The fourth-order valence-electron chi connectivity index (χ4n) is 3.34. The van der Waals surface area contributed by atoms with Crippen LogP contribution >= 0.6 is 11.6 Å². The molecule has 0 bridgehead atoms. The summed E-state index contributed by atoms with van der Waals surface area (Å²) in [5.74, 6) is -1.65. The van der Waals surface area contributed by atoms with Gasteiger partial charge in [-0.1, -0.05) is 72.3 Å². The number of nitrogens with zero attached hydrogens (tertiary/aromatic N) is 2. The molecule has 9 heteroatoms. The van der Waals surface area contributed by atoms with E-state index in [2.05, 4.69) is 21.3 Å². The van der Waals surface area contributed by atoms with E-state index < -0.39 is 23.8 Å². The summed E-state index contributed by atoms with van der Waals surface area (Å²) in [4.78, 5) is 37.9. The smallest absolute Gasteiger partial charge is 0.273 e. The zero-order chi connectivity index (χ0) is 24.8. The molecule has 0 spiro atoms. The molecule has 0 fully saturated rings. The molecule has 0 unspecified atom stereocenters. The third-order valence-electron chi connectivity index (χ3n) is 5.19. The first-order valence-corrected chi connectivity index (χ1v) is 11.2. The minimum Gasteiger partial charge on any atom is -0.340 e. The van der Waals surface area contributed by atoms with Crippen molar-refractivity contribution in [3.05, 3.63) is 107 Å². The molecule has 176 valence electrons. The third-order valence-corrected chi connectivity index (χ3v) is 5.52. The third kappa shape index (κ3) is 5.56. The number of rotatable bonds is 6. The monoisotopic (exact) mass is 487 g/mol. The number of carbonyl (C=O) groups excluding carboxylic acids is 3. The summed E-state index contributed by atoms with van der Waals surface area (Å²) < 4.78 is 1.60. The molecule has 4 rings (SSSR count). The number of amides is 3. The maximum absolute atomic E-state index is 13.0. The second-order valence-electron chi connectivity index (χ2n) is 7.66. The Morgan fingerprint density at radius 1 is 0.800 bits per heavy atom. The normalized spacial score (nSPS) is 11.4. The lowest BCUT2D eigenvalue weighted by Gasteiger charge is -2.15. The first-order chi connectivity index (χ1) is 16.9. The maximum atomic E-state index is 13.0. The van der Waals surface area contributed by atoms with Crippen molar-refractivity contribution in [3.63, 3.8) is 0 Å². The number of aromatic nitrogens is 2. The Bertz CT molecular complexity index is 1360. The summed E-state index contributed by atoms with van der Waals surface area (Å²) in [7, 11) is 0. The summed E-state index contributed by atoms with van der Waals surface area (Å²) >= 11 is 6.04. The summed E-state index contributed by atoms with van der Waals surface area (Å²) in [5, 5.41) is 7.42. The Morgan fingerprint density at radius 2 is 1.43 bits per heavy atom. The van der Waals surface area contributed by atoms with E-state index in [1.165, 1.54) is 6.92 Å². The fraction of sp³-hybridized carbons (Fsp3) is 0.0769. The Labute approximate surface area is 206 Å². The summed E-state index contributed by atoms with van der Waals surface area (Å²) in [6.07, 6.45) is 1.60. The van der Waals surface area contributed by atoms with Gasteiger partial charge in [0.05, 0.1) is 21.8 Å². The van der Waals surface area contributed by atoms with Gasteiger partial charge in [-0.05, 0) is 31.2 Å². The quantitative estimate of drug-likeness (QED) is 0.360. The van der Waals surface area contributed by atoms with E-state index in [1.54, 1.807) is 35.1 Å². The van der Waals surface area contributed by atoms with Crippen LogP contribution in [0.25, 0.3) is 16.9 Å². The number of hydrogen-bond donors (Lipinski definition) is 3. The van der Waals surface area contributed by atoms with Gasteiger partial charge in [-0.3, -0.25) is 25.2 Å². The SMILES string of the molecule is C[C@H](NC(=O)c1ccccc1Cl)C(=O)NNC(=O)c1cn(-c2ccccc2)nc1-c1ccccc1. The Balaban J connectivity index is 1.47. The van der Waals surface area contributed by atoms with E-state index in [0.29, 0.717) is 5.69 Å². The Kier molecular flexibility index (Phi) is 7.23. The molecule has 3 amide bonds. The van der Waals surface area contributed by atoms with Gasteiger partial charge in [0.25, 0.3) is 17.7 Å². The lowest BCUT2D eigenvalue weighted by molar-refractivity contribution is -0.123. The highest BCUT2D eigenvalue weighted by Gasteiger charge is 2.22. The number of hydrogen-bond acceptors (Lipinski definition) is 4. The molecule has 0 radical (unpaired) electrons.